The molecule has 2 atom stereocenters. The summed E-state index contributed by atoms with van der Waals surface area (Å²) in [5.74, 6) is 1.01. The Hall–Kier alpha value is -0.840. The van der Waals surface area contributed by atoms with Crippen LogP contribution in [0.25, 0.3) is 0 Å². The van der Waals surface area contributed by atoms with Crippen LogP contribution in [-0.4, -0.2) is 49.1 Å². The largest absolute Gasteiger partial charge is 0.468 e. The highest BCUT2D eigenvalue weighted by Gasteiger charge is 2.31. The fraction of sp³-hybridized carbons (Fsp3) is 0.733. The maximum atomic E-state index is 6.32. The Kier molecular flexibility index (Phi) is 5.02. The third-order valence-electron chi connectivity index (χ3n) is 4.33. The standard InChI is InChI=1S/C15H27N3O/c1-4-13(16)15(14-6-5-11-19-14)18-9-7-12(8-10-18)17(2)3/h5-6,11-13,15H,4,7-10,16H2,1-3H3. The van der Waals surface area contributed by atoms with Gasteiger partial charge in [-0.25, -0.2) is 0 Å². The number of hydrogen-bond acceptors (Lipinski definition) is 4. The quantitative estimate of drug-likeness (QED) is 0.885. The van der Waals surface area contributed by atoms with Crippen LogP contribution in [0.1, 0.15) is 38.0 Å². The first kappa shape index (κ1) is 14.6. The van der Waals surface area contributed by atoms with E-state index in [-0.39, 0.29) is 12.1 Å². The highest BCUT2D eigenvalue weighted by Crippen LogP contribution is 2.29. The number of furan rings is 1. The van der Waals surface area contributed by atoms with E-state index in [1.54, 1.807) is 6.26 Å². The lowest BCUT2D eigenvalue weighted by molar-refractivity contribution is 0.0841. The molecule has 2 rings (SSSR count). The molecule has 0 spiro atoms. The molecule has 4 nitrogen and oxygen atoms in total. The molecule has 108 valence electrons. The van der Waals surface area contributed by atoms with E-state index >= 15 is 0 Å². The van der Waals surface area contributed by atoms with E-state index in [0.29, 0.717) is 6.04 Å². The minimum absolute atomic E-state index is 0.141. The Bertz CT molecular complexity index is 355. The topological polar surface area (TPSA) is 45.6 Å². The zero-order chi connectivity index (χ0) is 13.8. The molecule has 2 N–H and O–H groups in total. The molecule has 1 fully saturated rings. The summed E-state index contributed by atoms with van der Waals surface area (Å²) in [5, 5.41) is 0. The number of likely N-dealkylation sites (tertiary alicyclic amines) is 1. The Labute approximate surface area is 116 Å². The van der Waals surface area contributed by atoms with Crippen molar-refractivity contribution in [3.05, 3.63) is 24.2 Å². The molecule has 2 unspecified atom stereocenters. The molecule has 19 heavy (non-hydrogen) atoms. The van der Waals surface area contributed by atoms with Gasteiger partial charge in [-0.2, -0.15) is 0 Å². The first-order valence-electron chi connectivity index (χ1n) is 7.33. The van der Waals surface area contributed by atoms with Gasteiger partial charge in [0.05, 0.1) is 12.3 Å². The monoisotopic (exact) mass is 265 g/mol. The van der Waals surface area contributed by atoms with Gasteiger partial charge in [-0.1, -0.05) is 6.92 Å². The van der Waals surface area contributed by atoms with Crippen molar-refractivity contribution in [1.29, 1.82) is 0 Å². The first-order valence-corrected chi connectivity index (χ1v) is 7.33. The van der Waals surface area contributed by atoms with Gasteiger partial charge in [-0.3, -0.25) is 4.90 Å². The van der Waals surface area contributed by atoms with E-state index in [2.05, 4.69) is 36.9 Å². The van der Waals surface area contributed by atoms with Gasteiger partial charge in [-0.05, 0) is 45.5 Å². The zero-order valence-electron chi connectivity index (χ0n) is 12.4. The van der Waals surface area contributed by atoms with E-state index in [1.807, 2.05) is 6.07 Å². The van der Waals surface area contributed by atoms with Gasteiger partial charge < -0.3 is 15.1 Å². The van der Waals surface area contributed by atoms with Crippen molar-refractivity contribution in [2.24, 2.45) is 5.73 Å². The second kappa shape index (κ2) is 6.55. The van der Waals surface area contributed by atoms with Crippen LogP contribution in [0.5, 0.6) is 0 Å². The Balaban J connectivity index is 2.05. The predicted octanol–water partition coefficient (Wildman–Crippen LogP) is 2.08. The smallest absolute Gasteiger partial charge is 0.122 e. The summed E-state index contributed by atoms with van der Waals surface area (Å²) in [6, 6.07) is 5.08. The van der Waals surface area contributed by atoms with Crippen molar-refractivity contribution in [2.75, 3.05) is 27.2 Å². The highest BCUT2D eigenvalue weighted by molar-refractivity contribution is 5.08. The summed E-state index contributed by atoms with van der Waals surface area (Å²) in [7, 11) is 4.34. The van der Waals surface area contributed by atoms with Crippen molar-refractivity contribution in [3.63, 3.8) is 0 Å². The second-order valence-corrected chi connectivity index (χ2v) is 5.76. The number of hydrogen-bond donors (Lipinski definition) is 1. The zero-order valence-corrected chi connectivity index (χ0v) is 12.4. The molecule has 0 aliphatic carbocycles. The number of nitrogens with zero attached hydrogens (tertiary/aromatic N) is 2. The summed E-state index contributed by atoms with van der Waals surface area (Å²) >= 11 is 0. The van der Waals surface area contributed by atoms with Crippen LogP contribution in [0, 0.1) is 0 Å². The third kappa shape index (κ3) is 3.38. The van der Waals surface area contributed by atoms with E-state index in [4.69, 9.17) is 10.2 Å². The fourth-order valence-corrected chi connectivity index (χ4v) is 3.02. The van der Waals surface area contributed by atoms with Crippen molar-refractivity contribution in [2.45, 2.75) is 44.3 Å². The average Bonchev–Trinajstić information content (AvgIpc) is 2.93. The van der Waals surface area contributed by atoms with Crippen LogP contribution in [0.3, 0.4) is 0 Å². The summed E-state index contributed by atoms with van der Waals surface area (Å²) in [5.41, 5.74) is 6.32. The molecule has 0 bridgehead atoms. The summed E-state index contributed by atoms with van der Waals surface area (Å²) in [6.45, 7) is 4.34. The predicted molar refractivity (Wildman–Crippen MR) is 78.0 cm³/mol. The van der Waals surface area contributed by atoms with Crippen LogP contribution in [0.4, 0.5) is 0 Å². The van der Waals surface area contributed by atoms with E-state index in [9.17, 15) is 0 Å². The Morgan fingerprint density at radius 2 is 2.11 bits per heavy atom. The summed E-state index contributed by atoms with van der Waals surface area (Å²) in [6.07, 6.45) is 5.14. The Morgan fingerprint density at radius 1 is 1.42 bits per heavy atom. The van der Waals surface area contributed by atoms with Crippen LogP contribution in [-0.2, 0) is 0 Å². The van der Waals surface area contributed by atoms with Crippen LogP contribution >= 0.6 is 0 Å². The van der Waals surface area contributed by atoms with Crippen molar-refractivity contribution in [1.82, 2.24) is 9.80 Å². The van der Waals surface area contributed by atoms with Crippen LogP contribution in [0.15, 0.2) is 22.8 Å². The molecule has 2 heterocycles. The number of nitrogens with two attached hydrogens (primary N) is 1. The molecule has 4 heteroatoms. The fourth-order valence-electron chi connectivity index (χ4n) is 3.02. The molecular formula is C15H27N3O. The number of rotatable bonds is 5. The van der Waals surface area contributed by atoms with E-state index in [0.717, 1.165) is 25.3 Å². The third-order valence-corrected chi connectivity index (χ3v) is 4.33. The average molecular weight is 265 g/mol. The molecule has 1 saturated heterocycles. The van der Waals surface area contributed by atoms with Crippen LogP contribution in [0.2, 0.25) is 0 Å². The van der Waals surface area contributed by atoms with Gasteiger partial charge >= 0.3 is 0 Å². The molecule has 0 amide bonds. The maximum absolute atomic E-state index is 6.32. The van der Waals surface area contributed by atoms with Crippen molar-refractivity contribution >= 4 is 0 Å². The molecule has 0 aromatic carbocycles. The lowest BCUT2D eigenvalue weighted by Gasteiger charge is -2.40. The summed E-state index contributed by atoms with van der Waals surface area (Å²) < 4.78 is 5.61. The molecule has 0 radical (unpaired) electrons. The maximum Gasteiger partial charge on any atom is 0.122 e. The SMILES string of the molecule is CCC(N)C(c1ccco1)N1CCC(N(C)C)CC1. The Morgan fingerprint density at radius 3 is 2.58 bits per heavy atom. The normalized spacial score (nSPS) is 21.7. The molecule has 1 aromatic rings. The van der Waals surface area contributed by atoms with Crippen molar-refractivity contribution in [3.8, 4) is 0 Å². The van der Waals surface area contributed by atoms with Gasteiger partial charge in [0.1, 0.15) is 5.76 Å². The lowest BCUT2D eigenvalue weighted by atomic mass is 9.97. The van der Waals surface area contributed by atoms with E-state index in [1.165, 1.54) is 12.8 Å². The summed E-state index contributed by atoms with van der Waals surface area (Å²) in [4.78, 5) is 4.83. The molecule has 1 aromatic heterocycles. The second-order valence-electron chi connectivity index (χ2n) is 5.76. The highest BCUT2D eigenvalue weighted by atomic mass is 16.3. The van der Waals surface area contributed by atoms with Crippen LogP contribution < -0.4 is 5.73 Å². The lowest BCUT2D eigenvalue weighted by Crippen LogP contribution is -2.47. The van der Waals surface area contributed by atoms with Gasteiger partial charge in [0.15, 0.2) is 0 Å². The molecule has 1 aliphatic rings. The van der Waals surface area contributed by atoms with Gasteiger partial charge in [0.25, 0.3) is 0 Å². The number of piperidine rings is 1. The molecular weight excluding hydrogens is 238 g/mol. The van der Waals surface area contributed by atoms with Gasteiger partial charge in [0, 0.05) is 25.2 Å². The van der Waals surface area contributed by atoms with E-state index < -0.39 is 0 Å². The minimum atomic E-state index is 0.141. The van der Waals surface area contributed by atoms with Gasteiger partial charge in [-0.15, -0.1) is 0 Å². The van der Waals surface area contributed by atoms with Gasteiger partial charge in [0.2, 0.25) is 0 Å². The first-order chi connectivity index (χ1) is 9.13. The van der Waals surface area contributed by atoms with Crippen molar-refractivity contribution < 1.29 is 4.42 Å². The molecule has 1 aliphatic heterocycles. The molecule has 0 saturated carbocycles. The minimum Gasteiger partial charge on any atom is -0.468 e.